The molecule has 0 aromatic heterocycles. The molecule has 4 aromatic rings. The molecular formula is C29H18F6N4O8. The summed E-state index contributed by atoms with van der Waals surface area (Å²) < 4.78 is 89.0. The fraction of sp³-hybridized carbons (Fsp3) is 0.103. The van der Waals surface area contributed by atoms with Crippen LogP contribution in [0.4, 0.5) is 49.1 Å². The highest BCUT2D eigenvalue weighted by molar-refractivity contribution is 6.06. The third-order valence-electron chi connectivity index (χ3n) is 6.89. The van der Waals surface area contributed by atoms with Crippen LogP contribution in [0.5, 0.6) is 11.5 Å². The molecule has 47 heavy (non-hydrogen) atoms. The van der Waals surface area contributed by atoms with Gasteiger partial charge in [-0.05, 0) is 59.7 Å². The summed E-state index contributed by atoms with van der Waals surface area (Å²) in [5.74, 6) is -4.14. The zero-order valence-corrected chi connectivity index (χ0v) is 23.1. The predicted octanol–water partition coefficient (Wildman–Crippen LogP) is 6.83. The van der Waals surface area contributed by atoms with Gasteiger partial charge < -0.3 is 20.8 Å². The molecule has 18 heteroatoms. The minimum absolute atomic E-state index is 0.238. The molecule has 12 nitrogen and oxygen atoms in total. The number of rotatable bonds is 8. The molecule has 0 heterocycles. The Labute approximate surface area is 258 Å². The first-order valence-corrected chi connectivity index (χ1v) is 12.8. The first kappa shape index (κ1) is 33.7. The number of non-ortho nitro benzene ring substituents is 2. The molecule has 0 unspecified atom stereocenters. The number of nitrogens with zero attached hydrogens (tertiary/aromatic N) is 2. The number of alkyl halides is 6. The van der Waals surface area contributed by atoms with Gasteiger partial charge in [-0.25, -0.2) is 0 Å². The van der Waals surface area contributed by atoms with E-state index in [1.54, 1.807) is 0 Å². The number of nitro groups is 2. The molecule has 0 aliphatic carbocycles. The second-order valence-electron chi connectivity index (χ2n) is 9.73. The Morgan fingerprint density at radius 3 is 1.17 bits per heavy atom. The van der Waals surface area contributed by atoms with Crippen molar-refractivity contribution >= 4 is 34.6 Å². The van der Waals surface area contributed by atoms with Crippen LogP contribution in [0.2, 0.25) is 0 Å². The number of hydrogen-bond donors (Lipinski definition) is 4. The van der Waals surface area contributed by atoms with Crippen molar-refractivity contribution in [1.82, 2.24) is 0 Å². The van der Waals surface area contributed by atoms with E-state index in [4.69, 9.17) is 0 Å². The van der Waals surface area contributed by atoms with E-state index in [1.807, 2.05) is 10.6 Å². The molecule has 0 saturated carbocycles. The number of nitrogens with one attached hydrogen (secondary N) is 2. The van der Waals surface area contributed by atoms with Crippen LogP contribution in [0.25, 0.3) is 0 Å². The van der Waals surface area contributed by atoms with Gasteiger partial charge in [-0.3, -0.25) is 29.8 Å². The van der Waals surface area contributed by atoms with Crippen LogP contribution in [0.3, 0.4) is 0 Å². The zero-order chi connectivity index (χ0) is 34.9. The van der Waals surface area contributed by atoms with Gasteiger partial charge in [-0.1, -0.05) is 12.1 Å². The number of nitro benzene ring substituents is 2. The topological polar surface area (TPSA) is 185 Å². The Morgan fingerprint density at radius 1 is 0.574 bits per heavy atom. The lowest BCUT2D eigenvalue weighted by Gasteiger charge is -2.38. The molecule has 2 amide bonds. The minimum Gasteiger partial charge on any atom is -0.506 e. The highest BCUT2D eigenvalue weighted by Crippen LogP contribution is 2.57. The van der Waals surface area contributed by atoms with E-state index < -0.39 is 84.8 Å². The van der Waals surface area contributed by atoms with E-state index in [0.717, 1.165) is 48.5 Å². The number of phenols is 2. The van der Waals surface area contributed by atoms with Crippen molar-refractivity contribution in [3.63, 3.8) is 0 Å². The standard InChI is InChI=1S/C29H18F6N4O8/c30-28(31,32)27(29(33,34)35,17-5-11-23(40)21(13-17)36-25(42)15-1-7-19(8-2-15)38(44)45)18-6-12-24(41)22(14-18)37-26(43)16-3-9-20(10-4-16)39(46)47/h1-14,40-41H,(H,36,42)(H,37,43). The number of halogens is 6. The molecule has 4 aromatic carbocycles. The molecule has 0 aliphatic heterocycles. The molecule has 244 valence electrons. The second-order valence-corrected chi connectivity index (χ2v) is 9.73. The maximum atomic E-state index is 14.8. The number of aromatic hydroxyl groups is 2. The third kappa shape index (κ3) is 6.46. The number of benzene rings is 4. The number of phenolic OH excluding ortho intramolecular Hbond substituents is 2. The fourth-order valence-electron chi connectivity index (χ4n) is 4.58. The van der Waals surface area contributed by atoms with Gasteiger partial charge in [0.05, 0.1) is 21.2 Å². The Morgan fingerprint density at radius 2 is 0.894 bits per heavy atom. The number of hydrogen-bond acceptors (Lipinski definition) is 8. The van der Waals surface area contributed by atoms with Gasteiger partial charge in [0.1, 0.15) is 11.5 Å². The van der Waals surface area contributed by atoms with Crippen molar-refractivity contribution < 1.29 is 56.0 Å². The summed E-state index contributed by atoms with van der Waals surface area (Å²) in [7, 11) is 0. The van der Waals surface area contributed by atoms with Crippen LogP contribution >= 0.6 is 0 Å². The van der Waals surface area contributed by atoms with E-state index in [1.165, 1.54) is 0 Å². The highest BCUT2D eigenvalue weighted by atomic mass is 19.4. The molecule has 0 saturated heterocycles. The highest BCUT2D eigenvalue weighted by Gasteiger charge is 2.72. The quantitative estimate of drug-likeness (QED) is 0.0683. The number of amides is 2. The minimum atomic E-state index is -6.17. The summed E-state index contributed by atoms with van der Waals surface area (Å²) in [5.41, 5.74) is -11.1. The van der Waals surface area contributed by atoms with E-state index in [9.17, 15) is 66.4 Å². The van der Waals surface area contributed by atoms with Crippen LogP contribution < -0.4 is 10.6 Å². The second kappa shape index (κ2) is 12.3. The molecule has 0 bridgehead atoms. The average Bonchev–Trinajstić information content (AvgIpc) is 2.99. The van der Waals surface area contributed by atoms with Crippen LogP contribution in [-0.2, 0) is 5.41 Å². The molecule has 4 N–H and O–H groups in total. The summed E-state index contributed by atoms with van der Waals surface area (Å²) in [5, 5.41) is 46.2. The summed E-state index contributed by atoms with van der Waals surface area (Å²) in [6, 6.07) is 9.62. The maximum Gasteiger partial charge on any atom is 0.411 e. The van der Waals surface area contributed by atoms with E-state index in [-0.39, 0.29) is 23.3 Å². The van der Waals surface area contributed by atoms with Crippen LogP contribution in [0.15, 0.2) is 84.9 Å². The SMILES string of the molecule is O=C(Nc1cc(C(c2ccc(O)c(NC(=O)c3ccc([N+](=O)[O-])cc3)c2)(C(F)(F)F)C(F)(F)F)ccc1O)c1ccc([N+](=O)[O-])cc1. The van der Waals surface area contributed by atoms with Crippen LogP contribution in [0.1, 0.15) is 31.8 Å². The van der Waals surface area contributed by atoms with Gasteiger partial charge in [0, 0.05) is 35.4 Å². The average molecular weight is 664 g/mol. The van der Waals surface area contributed by atoms with Gasteiger partial charge in [-0.15, -0.1) is 0 Å². The van der Waals surface area contributed by atoms with Gasteiger partial charge >= 0.3 is 12.4 Å². The molecule has 4 rings (SSSR count). The molecule has 0 aliphatic rings. The third-order valence-corrected chi connectivity index (χ3v) is 6.89. The molecule has 0 spiro atoms. The monoisotopic (exact) mass is 664 g/mol. The number of anilines is 2. The summed E-state index contributed by atoms with van der Waals surface area (Å²) in [4.78, 5) is 45.5. The first-order valence-electron chi connectivity index (χ1n) is 12.8. The maximum absolute atomic E-state index is 14.8. The van der Waals surface area contributed by atoms with Crippen molar-refractivity contribution in [3.8, 4) is 11.5 Å². The van der Waals surface area contributed by atoms with Crippen LogP contribution in [-0.4, -0.2) is 44.2 Å². The summed E-state index contributed by atoms with van der Waals surface area (Å²) in [6.07, 6.45) is -12.3. The first-order chi connectivity index (χ1) is 21.9. The Kier molecular flexibility index (Phi) is 8.81. The van der Waals surface area contributed by atoms with Crippen molar-refractivity contribution in [2.45, 2.75) is 17.8 Å². The van der Waals surface area contributed by atoms with E-state index >= 15 is 0 Å². The van der Waals surface area contributed by atoms with E-state index in [2.05, 4.69) is 0 Å². The Balaban J connectivity index is 1.80. The van der Waals surface area contributed by atoms with Gasteiger partial charge in [0.2, 0.25) is 5.41 Å². The fourth-order valence-corrected chi connectivity index (χ4v) is 4.58. The van der Waals surface area contributed by atoms with E-state index in [0.29, 0.717) is 24.3 Å². The van der Waals surface area contributed by atoms with Gasteiger partial charge in [-0.2, -0.15) is 26.3 Å². The molecule has 0 fully saturated rings. The summed E-state index contributed by atoms with van der Waals surface area (Å²) >= 11 is 0. The summed E-state index contributed by atoms with van der Waals surface area (Å²) in [6.45, 7) is 0. The number of carbonyl (C=O) groups is 2. The normalized spacial score (nSPS) is 11.9. The van der Waals surface area contributed by atoms with Crippen molar-refractivity contribution in [2.24, 2.45) is 0 Å². The van der Waals surface area contributed by atoms with Gasteiger partial charge in [0.25, 0.3) is 23.2 Å². The predicted molar refractivity (Wildman–Crippen MR) is 151 cm³/mol. The van der Waals surface area contributed by atoms with Crippen molar-refractivity contribution in [1.29, 1.82) is 0 Å². The van der Waals surface area contributed by atoms with Crippen molar-refractivity contribution in [2.75, 3.05) is 10.6 Å². The Hall–Kier alpha value is -6.20. The number of carbonyl (C=O) groups excluding carboxylic acids is 2. The van der Waals surface area contributed by atoms with Crippen LogP contribution in [0, 0.1) is 20.2 Å². The van der Waals surface area contributed by atoms with Gasteiger partial charge in [0.15, 0.2) is 0 Å². The molecular weight excluding hydrogens is 646 g/mol. The smallest absolute Gasteiger partial charge is 0.411 e. The Bertz CT molecular complexity index is 1740. The lowest BCUT2D eigenvalue weighted by molar-refractivity contribution is -0.385. The largest absolute Gasteiger partial charge is 0.506 e. The van der Waals surface area contributed by atoms with Crippen molar-refractivity contribution in [3.05, 3.63) is 127 Å². The molecule has 0 atom stereocenters. The molecule has 0 radical (unpaired) electrons. The lowest BCUT2D eigenvalue weighted by atomic mass is 9.72. The lowest BCUT2D eigenvalue weighted by Crippen LogP contribution is -2.54. The zero-order valence-electron chi connectivity index (χ0n) is 23.1.